The third-order valence-corrected chi connectivity index (χ3v) is 4.55. The summed E-state index contributed by atoms with van der Waals surface area (Å²) < 4.78 is 0. The summed E-state index contributed by atoms with van der Waals surface area (Å²) >= 11 is 12.4. The topological polar surface area (TPSA) is 96.0 Å². The number of carbonyl (C=O) groups is 2. The molecule has 2 amide bonds. The maximum atomic E-state index is 12.2. The first-order valence-electron chi connectivity index (χ1n) is 8.12. The lowest BCUT2D eigenvalue weighted by Crippen LogP contribution is -2.27. The van der Waals surface area contributed by atoms with Gasteiger partial charge in [-0.25, -0.2) is 4.98 Å². The van der Waals surface area contributed by atoms with E-state index in [1.54, 1.807) is 12.1 Å². The first-order chi connectivity index (χ1) is 12.5. The summed E-state index contributed by atoms with van der Waals surface area (Å²) in [6.07, 6.45) is 6.67. The second-order valence-corrected chi connectivity index (χ2v) is 6.72. The molecule has 7 nitrogen and oxygen atoms in total. The molecule has 1 unspecified atom stereocenters. The molecule has 0 radical (unpaired) electrons. The Morgan fingerprint density at radius 2 is 1.93 bits per heavy atom. The highest BCUT2D eigenvalue weighted by Gasteiger charge is 2.19. The van der Waals surface area contributed by atoms with Crippen molar-refractivity contribution in [3.8, 4) is 0 Å². The number of carbonyl (C=O) groups excluding carboxylic acids is 2. The minimum absolute atomic E-state index is 0. The van der Waals surface area contributed by atoms with Crippen molar-refractivity contribution in [2.24, 2.45) is 0 Å². The summed E-state index contributed by atoms with van der Waals surface area (Å²) in [5, 5.41) is 9.08. The normalized spacial score (nSPS) is 15.7. The molecule has 2 aromatic rings. The van der Waals surface area contributed by atoms with Gasteiger partial charge in [-0.05, 0) is 31.5 Å². The van der Waals surface area contributed by atoms with Crippen LogP contribution in [-0.2, 0) is 4.79 Å². The van der Waals surface area contributed by atoms with E-state index < -0.39 is 5.91 Å². The molecule has 10 heteroatoms. The quantitative estimate of drug-likeness (QED) is 0.674. The molecule has 2 heterocycles. The minimum atomic E-state index is -0.481. The molecule has 0 aliphatic carbocycles. The lowest BCUT2D eigenvalue weighted by molar-refractivity contribution is -0.116. The minimum Gasteiger partial charge on any atom is -0.326 e. The molecule has 0 saturated carbocycles. The molecule has 0 spiro atoms. The number of nitrogens with zero attached hydrogens (tertiary/aromatic N) is 2. The fourth-order valence-electron chi connectivity index (χ4n) is 2.73. The molecule has 144 valence electrons. The van der Waals surface area contributed by atoms with Gasteiger partial charge < -0.3 is 16.0 Å². The summed E-state index contributed by atoms with van der Waals surface area (Å²) in [6.45, 7) is 0.940. The van der Waals surface area contributed by atoms with Crippen molar-refractivity contribution in [3.05, 3.63) is 46.5 Å². The smallest absolute Gasteiger partial charge is 0.275 e. The van der Waals surface area contributed by atoms with Crippen molar-refractivity contribution in [3.63, 3.8) is 0 Å². The maximum absolute atomic E-state index is 12.2. The summed E-state index contributed by atoms with van der Waals surface area (Å²) in [6, 6.07) is 3.28. The molecule has 1 aromatic carbocycles. The average Bonchev–Trinajstić information content (AvgIpc) is 3.11. The van der Waals surface area contributed by atoms with E-state index in [4.69, 9.17) is 23.2 Å². The van der Waals surface area contributed by atoms with Gasteiger partial charge in [0.05, 0.1) is 21.9 Å². The number of rotatable bonds is 5. The Labute approximate surface area is 172 Å². The van der Waals surface area contributed by atoms with Gasteiger partial charge in [0.25, 0.3) is 5.91 Å². The average molecular weight is 431 g/mol. The molecule has 3 N–H and O–H groups in total. The molecule has 1 aliphatic rings. The van der Waals surface area contributed by atoms with Crippen LogP contribution in [0.5, 0.6) is 0 Å². The molecule has 1 aromatic heterocycles. The molecule has 1 fully saturated rings. The summed E-state index contributed by atoms with van der Waals surface area (Å²) in [5.74, 6) is -0.598. The second-order valence-electron chi connectivity index (χ2n) is 5.91. The number of aromatic nitrogens is 2. The first-order valence-corrected chi connectivity index (χ1v) is 8.88. The third kappa shape index (κ3) is 5.77. The standard InChI is InChI=1S/C17H17Cl2N5O2.ClH/c18-12-6-11(23-15(25)8-10-2-1-3-21-10)7-13(19)16(12)24-17(26)14-9-20-4-5-22-14;/h4-7,9-10,21H,1-3,8H2,(H,23,25)(H,24,26);1H. The van der Waals surface area contributed by atoms with Gasteiger partial charge in [-0.2, -0.15) is 0 Å². The van der Waals surface area contributed by atoms with Gasteiger partial charge in [0.2, 0.25) is 5.91 Å². The summed E-state index contributed by atoms with van der Waals surface area (Å²) in [7, 11) is 0. The number of halogens is 3. The Morgan fingerprint density at radius 1 is 1.19 bits per heavy atom. The van der Waals surface area contributed by atoms with E-state index in [1.807, 2.05) is 0 Å². The fourth-order valence-corrected chi connectivity index (χ4v) is 3.31. The van der Waals surface area contributed by atoms with Crippen LogP contribution in [0, 0.1) is 0 Å². The largest absolute Gasteiger partial charge is 0.326 e. The van der Waals surface area contributed by atoms with E-state index in [1.165, 1.54) is 18.6 Å². The van der Waals surface area contributed by atoms with Crippen molar-refractivity contribution in [2.75, 3.05) is 17.2 Å². The van der Waals surface area contributed by atoms with Crippen molar-refractivity contribution < 1.29 is 9.59 Å². The van der Waals surface area contributed by atoms with Crippen LogP contribution in [0.1, 0.15) is 29.8 Å². The highest BCUT2D eigenvalue weighted by Crippen LogP contribution is 2.34. The van der Waals surface area contributed by atoms with Gasteiger partial charge in [0.15, 0.2) is 0 Å². The van der Waals surface area contributed by atoms with E-state index in [2.05, 4.69) is 25.9 Å². The zero-order chi connectivity index (χ0) is 18.5. The molecular weight excluding hydrogens is 413 g/mol. The first kappa shape index (κ1) is 21.4. The zero-order valence-corrected chi connectivity index (χ0v) is 16.5. The third-order valence-electron chi connectivity index (χ3n) is 3.95. The molecule has 1 atom stereocenters. The van der Waals surface area contributed by atoms with Crippen molar-refractivity contribution >= 4 is 58.8 Å². The number of nitrogens with one attached hydrogen (secondary N) is 3. The Morgan fingerprint density at radius 3 is 2.52 bits per heavy atom. The van der Waals surface area contributed by atoms with Crippen LogP contribution in [0.2, 0.25) is 10.0 Å². The number of benzene rings is 1. The van der Waals surface area contributed by atoms with E-state index in [9.17, 15) is 9.59 Å². The zero-order valence-electron chi connectivity index (χ0n) is 14.2. The molecule has 27 heavy (non-hydrogen) atoms. The molecule has 1 aliphatic heterocycles. The van der Waals surface area contributed by atoms with Gasteiger partial charge in [-0.1, -0.05) is 23.2 Å². The highest BCUT2D eigenvalue weighted by atomic mass is 35.5. The van der Waals surface area contributed by atoms with Crippen molar-refractivity contribution in [1.82, 2.24) is 15.3 Å². The van der Waals surface area contributed by atoms with Gasteiger partial charge in [-0.15, -0.1) is 12.4 Å². The van der Waals surface area contributed by atoms with Crippen molar-refractivity contribution in [2.45, 2.75) is 25.3 Å². The van der Waals surface area contributed by atoms with Crippen LogP contribution in [0.4, 0.5) is 11.4 Å². The lowest BCUT2D eigenvalue weighted by atomic mass is 10.1. The number of hydrogen-bond donors (Lipinski definition) is 3. The fraction of sp³-hybridized carbons (Fsp3) is 0.294. The van der Waals surface area contributed by atoms with Gasteiger partial charge in [0, 0.05) is 30.5 Å². The number of hydrogen-bond acceptors (Lipinski definition) is 5. The van der Waals surface area contributed by atoms with Gasteiger partial charge in [-0.3, -0.25) is 14.6 Å². The molecule has 1 saturated heterocycles. The van der Waals surface area contributed by atoms with E-state index in [-0.39, 0.29) is 45.8 Å². The molecule has 0 bridgehead atoms. The van der Waals surface area contributed by atoms with Crippen molar-refractivity contribution in [1.29, 1.82) is 0 Å². The summed E-state index contributed by atoms with van der Waals surface area (Å²) in [5.41, 5.74) is 0.862. The van der Waals surface area contributed by atoms with Crippen LogP contribution in [-0.4, -0.2) is 34.4 Å². The number of anilines is 2. The molecular formula is C17H18Cl3N5O2. The predicted molar refractivity (Wildman–Crippen MR) is 108 cm³/mol. The Balaban J connectivity index is 0.00000261. The SMILES string of the molecule is Cl.O=C(CC1CCCN1)Nc1cc(Cl)c(NC(=O)c2cnccn2)c(Cl)c1. The Bertz CT molecular complexity index is 790. The molecule has 3 rings (SSSR count). The van der Waals surface area contributed by atoms with E-state index in [0.717, 1.165) is 19.4 Å². The maximum Gasteiger partial charge on any atom is 0.275 e. The monoisotopic (exact) mass is 429 g/mol. The van der Waals surface area contributed by atoms with E-state index in [0.29, 0.717) is 12.1 Å². The van der Waals surface area contributed by atoms with Crippen LogP contribution in [0.15, 0.2) is 30.7 Å². The Hall–Kier alpha value is -1.93. The second kappa shape index (κ2) is 9.85. The van der Waals surface area contributed by atoms with Crippen LogP contribution < -0.4 is 16.0 Å². The van der Waals surface area contributed by atoms with E-state index >= 15 is 0 Å². The lowest BCUT2D eigenvalue weighted by Gasteiger charge is -2.13. The van der Waals surface area contributed by atoms with Gasteiger partial charge >= 0.3 is 0 Å². The van der Waals surface area contributed by atoms with Crippen LogP contribution in [0.25, 0.3) is 0 Å². The Kier molecular flexibility index (Phi) is 7.79. The number of amides is 2. The highest BCUT2D eigenvalue weighted by molar-refractivity contribution is 6.40. The van der Waals surface area contributed by atoms with Crippen LogP contribution in [0.3, 0.4) is 0 Å². The predicted octanol–water partition coefficient (Wildman–Crippen LogP) is 3.54. The van der Waals surface area contributed by atoms with Crippen LogP contribution >= 0.6 is 35.6 Å². The van der Waals surface area contributed by atoms with Gasteiger partial charge in [0.1, 0.15) is 5.69 Å². The summed E-state index contributed by atoms with van der Waals surface area (Å²) in [4.78, 5) is 32.0.